The van der Waals surface area contributed by atoms with Crippen molar-refractivity contribution in [1.82, 2.24) is 0 Å². The average Bonchev–Trinajstić information content (AvgIpc) is 2.63. The van der Waals surface area contributed by atoms with Crippen LogP contribution in [0, 0.1) is 6.92 Å². The molecule has 0 saturated carbocycles. The molecule has 2 rings (SSSR count). The molecule has 0 heterocycles. The van der Waals surface area contributed by atoms with Crippen LogP contribution in [0.5, 0.6) is 11.5 Å². The number of carbonyl (C=O) groups excluding carboxylic acids is 1. The van der Waals surface area contributed by atoms with Gasteiger partial charge in [-0.2, -0.15) is 26.3 Å². The molecule has 2 aromatic rings. The first-order valence-corrected chi connectivity index (χ1v) is 9.20. The van der Waals surface area contributed by atoms with E-state index in [1.165, 1.54) is 0 Å². The number of alkyl halides is 6. The van der Waals surface area contributed by atoms with Gasteiger partial charge in [-0.15, -0.1) is 0 Å². The van der Waals surface area contributed by atoms with E-state index in [9.17, 15) is 31.1 Å². The molecular formula is C21H21F6NO3. The molecule has 10 heteroatoms. The largest absolute Gasteiger partial charge is 0.483 e. The number of anilines is 1. The number of halogens is 6. The van der Waals surface area contributed by atoms with Gasteiger partial charge in [-0.1, -0.05) is 26.0 Å². The van der Waals surface area contributed by atoms with E-state index in [2.05, 4.69) is 10.1 Å². The summed E-state index contributed by atoms with van der Waals surface area (Å²) in [5.74, 6) is -0.878. The quantitative estimate of drug-likeness (QED) is 0.520. The second-order valence-corrected chi connectivity index (χ2v) is 7.15. The van der Waals surface area contributed by atoms with Crippen LogP contribution in [0.3, 0.4) is 0 Å². The molecule has 0 aliphatic heterocycles. The smallest absolute Gasteiger partial charge is 0.422 e. The Bertz CT molecular complexity index is 922. The molecule has 1 N–H and O–H groups in total. The summed E-state index contributed by atoms with van der Waals surface area (Å²) in [6, 6.07) is 7.22. The normalized spacial score (nSPS) is 12.1. The summed E-state index contributed by atoms with van der Waals surface area (Å²) in [6.07, 6.45) is -9.46. The minimum Gasteiger partial charge on any atom is -0.483 e. The average molecular weight is 449 g/mol. The Balaban J connectivity index is 2.19. The molecule has 0 aliphatic rings. The topological polar surface area (TPSA) is 47.6 Å². The molecule has 170 valence electrons. The number of benzene rings is 2. The maximum atomic E-state index is 13.0. The van der Waals surface area contributed by atoms with E-state index in [1.54, 1.807) is 6.07 Å². The molecule has 31 heavy (non-hydrogen) atoms. The fraction of sp³-hybridized carbons (Fsp3) is 0.381. The Hall–Kier alpha value is -2.91. The molecule has 1 amide bonds. The first kappa shape index (κ1) is 24.4. The fourth-order valence-corrected chi connectivity index (χ4v) is 2.66. The van der Waals surface area contributed by atoms with Crippen LogP contribution in [0.15, 0.2) is 36.4 Å². The van der Waals surface area contributed by atoms with Crippen molar-refractivity contribution in [1.29, 1.82) is 0 Å². The van der Waals surface area contributed by atoms with E-state index in [0.717, 1.165) is 17.2 Å². The van der Waals surface area contributed by atoms with Crippen molar-refractivity contribution in [2.24, 2.45) is 0 Å². The molecule has 0 unspecified atom stereocenters. The van der Waals surface area contributed by atoms with E-state index in [0.29, 0.717) is 17.9 Å². The Labute approximate surface area is 175 Å². The van der Waals surface area contributed by atoms with Crippen molar-refractivity contribution in [3.63, 3.8) is 0 Å². The van der Waals surface area contributed by atoms with Gasteiger partial charge in [-0.3, -0.25) is 4.79 Å². The SMILES string of the molecule is Cc1ccc(C(C)C)c(OCC(=O)Nc2cc(C(F)(F)F)ccc2OCC(F)(F)F)c1. The number of ether oxygens (including phenoxy) is 2. The van der Waals surface area contributed by atoms with Gasteiger partial charge in [0.25, 0.3) is 5.91 Å². The van der Waals surface area contributed by atoms with Crippen molar-refractivity contribution in [2.75, 3.05) is 18.5 Å². The van der Waals surface area contributed by atoms with E-state index in [1.807, 2.05) is 32.9 Å². The van der Waals surface area contributed by atoms with Crippen molar-refractivity contribution < 1.29 is 40.6 Å². The lowest BCUT2D eigenvalue weighted by molar-refractivity contribution is -0.153. The van der Waals surface area contributed by atoms with E-state index in [4.69, 9.17) is 4.74 Å². The summed E-state index contributed by atoms with van der Waals surface area (Å²) >= 11 is 0. The highest BCUT2D eigenvalue weighted by Gasteiger charge is 2.33. The predicted molar refractivity (Wildman–Crippen MR) is 102 cm³/mol. The number of carbonyl (C=O) groups is 1. The first-order valence-electron chi connectivity index (χ1n) is 9.20. The Morgan fingerprint density at radius 2 is 1.65 bits per heavy atom. The van der Waals surface area contributed by atoms with Crippen molar-refractivity contribution in [3.05, 3.63) is 53.1 Å². The van der Waals surface area contributed by atoms with Gasteiger partial charge in [-0.25, -0.2) is 0 Å². The highest BCUT2D eigenvalue weighted by Crippen LogP contribution is 2.36. The van der Waals surface area contributed by atoms with Gasteiger partial charge in [0, 0.05) is 0 Å². The van der Waals surface area contributed by atoms with Crippen LogP contribution in [0.1, 0.15) is 36.5 Å². The molecular weight excluding hydrogens is 428 g/mol. The van der Waals surface area contributed by atoms with Crippen LogP contribution in [0.4, 0.5) is 32.0 Å². The van der Waals surface area contributed by atoms with Gasteiger partial charge in [0.05, 0.1) is 11.3 Å². The fourth-order valence-electron chi connectivity index (χ4n) is 2.66. The lowest BCUT2D eigenvalue weighted by atomic mass is 10.0. The van der Waals surface area contributed by atoms with Crippen LogP contribution in [-0.4, -0.2) is 25.3 Å². The predicted octanol–water partition coefficient (Wildman–Crippen LogP) is 6.10. The molecule has 0 spiro atoms. The minimum atomic E-state index is -4.76. The number of hydrogen-bond donors (Lipinski definition) is 1. The summed E-state index contributed by atoms with van der Waals surface area (Å²) < 4.78 is 86.3. The molecule has 0 bridgehead atoms. The van der Waals surface area contributed by atoms with E-state index in [-0.39, 0.29) is 5.92 Å². The summed E-state index contributed by atoms with van der Waals surface area (Å²) in [5.41, 5.74) is 0.0112. The molecule has 0 aromatic heterocycles. The molecule has 0 fully saturated rings. The highest BCUT2D eigenvalue weighted by atomic mass is 19.4. The lowest BCUT2D eigenvalue weighted by Crippen LogP contribution is -2.23. The molecule has 0 radical (unpaired) electrons. The van der Waals surface area contributed by atoms with Gasteiger partial charge >= 0.3 is 12.4 Å². The first-order chi connectivity index (χ1) is 14.3. The number of hydrogen-bond acceptors (Lipinski definition) is 3. The minimum absolute atomic E-state index is 0.0875. The summed E-state index contributed by atoms with van der Waals surface area (Å²) in [4.78, 5) is 12.3. The number of rotatable bonds is 7. The van der Waals surface area contributed by atoms with Gasteiger partial charge in [0.1, 0.15) is 11.5 Å². The Morgan fingerprint density at radius 3 is 2.23 bits per heavy atom. The number of nitrogens with one attached hydrogen (secondary N) is 1. The summed E-state index contributed by atoms with van der Waals surface area (Å²) in [6.45, 7) is 3.38. The summed E-state index contributed by atoms with van der Waals surface area (Å²) in [5, 5.41) is 2.14. The van der Waals surface area contributed by atoms with Crippen LogP contribution < -0.4 is 14.8 Å². The van der Waals surface area contributed by atoms with Crippen LogP contribution in [0.25, 0.3) is 0 Å². The standard InChI is InChI=1S/C21H21F6NO3/c1-12(2)15-6-4-13(3)8-18(15)30-10-19(29)28-16-9-14(21(25,26)27)5-7-17(16)31-11-20(22,23)24/h4-9,12H,10-11H2,1-3H3,(H,28,29). The highest BCUT2D eigenvalue weighted by molar-refractivity contribution is 5.93. The zero-order chi connectivity index (χ0) is 23.4. The second kappa shape index (κ2) is 9.49. The zero-order valence-electron chi connectivity index (χ0n) is 16.9. The van der Waals surface area contributed by atoms with Crippen LogP contribution in [0.2, 0.25) is 0 Å². The Kier molecular flexibility index (Phi) is 7.45. The van der Waals surface area contributed by atoms with E-state index >= 15 is 0 Å². The number of aryl methyl sites for hydroxylation is 1. The second-order valence-electron chi connectivity index (χ2n) is 7.15. The molecule has 2 aromatic carbocycles. The molecule has 4 nitrogen and oxygen atoms in total. The number of amides is 1. The van der Waals surface area contributed by atoms with Crippen molar-refractivity contribution in [3.8, 4) is 11.5 Å². The van der Waals surface area contributed by atoms with Gasteiger partial charge in [-0.05, 0) is 48.2 Å². The van der Waals surface area contributed by atoms with Gasteiger partial charge in [0.15, 0.2) is 13.2 Å². The molecule has 0 saturated heterocycles. The molecule has 0 aliphatic carbocycles. The maximum Gasteiger partial charge on any atom is 0.422 e. The third-order valence-corrected chi connectivity index (χ3v) is 4.12. The van der Waals surface area contributed by atoms with Gasteiger partial charge in [0.2, 0.25) is 0 Å². The van der Waals surface area contributed by atoms with Crippen molar-refractivity contribution in [2.45, 2.75) is 39.0 Å². The van der Waals surface area contributed by atoms with Crippen LogP contribution >= 0.6 is 0 Å². The maximum absolute atomic E-state index is 13.0. The lowest BCUT2D eigenvalue weighted by Gasteiger charge is -2.17. The van der Waals surface area contributed by atoms with Crippen molar-refractivity contribution >= 4 is 11.6 Å². The molecule has 0 atom stereocenters. The summed E-state index contributed by atoms with van der Waals surface area (Å²) in [7, 11) is 0. The van der Waals surface area contributed by atoms with Gasteiger partial charge < -0.3 is 14.8 Å². The monoisotopic (exact) mass is 449 g/mol. The third-order valence-electron chi connectivity index (χ3n) is 4.12. The zero-order valence-corrected chi connectivity index (χ0v) is 16.9. The third kappa shape index (κ3) is 7.37. The van der Waals surface area contributed by atoms with Crippen LogP contribution in [-0.2, 0) is 11.0 Å². The van der Waals surface area contributed by atoms with E-state index < -0.39 is 48.5 Å². The Morgan fingerprint density at radius 1 is 0.968 bits per heavy atom.